The Morgan fingerprint density at radius 2 is 2.43 bits per heavy atom. The Kier molecular flexibility index (Phi) is 4.07. The minimum Gasteiger partial charge on any atom is -0.466 e. The number of carbonyl (C=O) groups is 2. The molecule has 1 fully saturated rings. The maximum absolute atomic E-state index is 11.5. The summed E-state index contributed by atoms with van der Waals surface area (Å²) in [5.41, 5.74) is 0. The number of ether oxygens (including phenoxy) is 2. The van der Waals surface area contributed by atoms with Gasteiger partial charge in [0.15, 0.2) is 0 Å². The molecule has 14 heavy (non-hydrogen) atoms. The van der Waals surface area contributed by atoms with E-state index in [2.05, 4.69) is 0 Å². The summed E-state index contributed by atoms with van der Waals surface area (Å²) in [6.07, 6.45) is 0.411. The Hall–Kier alpha value is -0.900. The van der Waals surface area contributed by atoms with E-state index in [1.807, 2.05) is 0 Å². The molecular weight excluding hydrogens is 184 g/mol. The molecule has 4 heteroatoms. The van der Waals surface area contributed by atoms with Crippen LogP contribution in [0.2, 0.25) is 0 Å². The van der Waals surface area contributed by atoms with Gasteiger partial charge in [-0.1, -0.05) is 6.92 Å². The molecule has 0 aromatic heterocycles. The molecule has 0 aromatic rings. The minimum atomic E-state index is -0.386. The summed E-state index contributed by atoms with van der Waals surface area (Å²) < 4.78 is 10.0. The zero-order chi connectivity index (χ0) is 10.6. The number of carbonyl (C=O) groups excluding carboxylic acids is 2. The molecule has 1 unspecified atom stereocenters. The molecule has 80 valence electrons. The molecule has 0 bridgehead atoms. The van der Waals surface area contributed by atoms with Crippen molar-refractivity contribution in [1.82, 2.24) is 0 Å². The van der Waals surface area contributed by atoms with Gasteiger partial charge in [0.25, 0.3) is 0 Å². The molecule has 0 aliphatic carbocycles. The third-order valence-electron chi connectivity index (χ3n) is 2.47. The molecule has 1 rings (SSSR count). The van der Waals surface area contributed by atoms with Gasteiger partial charge in [-0.2, -0.15) is 0 Å². The third-order valence-corrected chi connectivity index (χ3v) is 2.47. The largest absolute Gasteiger partial charge is 0.466 e. The van der Waals surface area contributed by atoms with Crippen molar-refractivity contribution < 1.29 is 19.1 Å². The van der Waals surface area contributed by atoms with Crippen LogP contribution in [0.25, 0.3) is 0 Å². The van der Waals surface area contributed by atoms with E-state index in [4.69, 9.17) is 9.47 Å². The average molecular weight is 200 g/mol. The van der Waals surface area contributed by atoms with Crippen molar-refractivity contribution in [1.29, 1.82) is 0 Å². The highest BCUT2D eigenvalue weighted by Crippen LogP contribution is 2.20. The van der Waals surface area contributed by atoms with Gasteiger partial charge in [0.2, 0.25) is 0 Å². The lowest BCUT2D eigenvalue weighted by atomic mass is 9.88. The molecule has 0 aromatic carbocycles. The van der Waals surface area contributed by atoms with Crippen molar-refractivity contribution >= 4 is 11.8 Å². The van der Waals surface area contributed by atoms with Gasteiger partial charge in [-0.25, -0.2) is 0 Å². The number of esters is 1. The summed E-state index contributed by atoms with van der Waals surface area (Å²) in [6, 6.07) is 0. The fourth-order valence-electron chi connectivity index (χ4n) is 1.52. The smallest absolute Gasteiger partial charge is 0.309 e. The maximum atomic E-state index is 11.5. The predicted octanol–water partition coefficient (Wildman–Crippen LogP) is 0.791. The molecule has 1 aliphatic rings. The third kappa shape index (κ3) is 2.54. The fourth-order valence-corrected chi connectivity index (χ4v) is 1.52. The van der Waals surface area contributed by atoms with E-state index in [0.29, 0.717) is 26.2 Å². The van der Waals surface area contributed by atoms with E-state index < -0.39 is 0 Å². The average Bonchev–Trinajstić information content (AvgIpc) is 2.18. The van der Waals surface area contributed by atoms with Crippen LogP contribution in [0.3, 0.4) is 0 Å². The molecule has 0 radical (unpaired) electrons. The summed E-state index contributed by atoms with van der Waals surface area (Å²) >= 11 is 0. The highest BCUT2D eigenvalue weighted by Gasteiger charge is 2.33. The summed E-state index contributed by atoms with van der Waals surface area (Å²) in [5.74, 6) is -0.904. The van der Waals surface area contributed by atoms with Gasteiger partial charge < -0.3 is 9.47 Å². The molecule has 0 spiro atoms. The van der Waals surface area contributed by atoms with Gasteiger partial charge in [0, 0.05) is 6.42 Å². The van der Waals surface area contributed by atoms with E-state index in [1.54, 1.807) is 13.8 Å². The summed E-state index contributed by atoms with van der Waals surface area (Å²) in [6.45, 7) is 4.65. The van der Waals surface area contributed by atoms with Crippen molar-refractivity contribution in [3.05, 3.63) is 0 Å². The highest BCUT2D eigenvalue weighted by atomic mass is 16.5. The lowest BCUT2D eigenvalue weighted by Crippen LogP contribution is -2.36. The first kappa shape index (κ1) is 11.2. The molecular formula is C10H16O4. The Morgan fingerprint density at radius 1 is 1.71 bits per heavy atom. The van der Waals surface area contributed by atoms with E-state index in [9.17, 15) is 9.59 Å². The Balaban J connectivity index is 2.53. The van der Waals surface area contributed by atoms with Crippen molar-refractivity contribution in [3.63, 3.8) is 0 Å². The van der Waals surface area contributed by atoms with Crippen LogP contribution in [0.4, 0.5) is 0 Å². The van der Waals surface area contributed by atoms with Crippen LogP contribution < -0.4 is 0 Å². The van der Waals surface area contributed by atoms with Crippen LogP contribution in [0.1, 0.15) is 20.3 Å². The Morgan fingerprint density at radius 3 is 3.00 bits per heavy atom. The Bertz CT molecular complexity index is 224. The first-order valence-corrected chi connectivity index (χ1v) is 4.94. The maximum Gasteiger partial charge on any atom is 0.309 e. The van der Waals surface area contributed by atoms with Gasteiger partial charge in [-0.15, -0.1) is 0 Å². The second kappa shape index (κ2) is 5.10. The summed E-state index contributed by atoms with van der Waals surface area (Å²) in [5, 5.41) is 0. The highest BCUT2D eigenvalue weighted by molar-refractivity contribution is 5.87. The van der Waals surface area contributed by atoms with Crippen molar-refractivity contribution in [2.24, 2.45) is 11.8 Å². The SMILES string of the molecule is CCOC(=O)C(C)[C@@H]1COCCC1=O. The molecule has 0 N–H and O–H groups in total. The van der Waals surface area contributed by atoms with E-state index >= 15 is 0 Å². The first-order chi connectivity index (χ1) is 6.66. The predicted molar refractivity (Wildman–Crippen MR) is 49.7 cm³/mol. The van der Waals surface area contributed by atoms with Gasteiger partial charge in [0.05, 0.1) is 31.7 Å². The number of ketones is 1. The number of Topliss-reactive ketones (excluding diaryl/α,β-unsaturated/α-hetero) is 1. The van der Waals surface area contributed by atoms with Gasteiger partial charge in [0.1, 0.15) is 5.78 Å². The van der Waals surface area contributed by atoms with Crippen LogP contribution in [-0.2, 0) is 19.1 Å². The zero-order valence-electron chi connectivity index (χ0n) is 8.62. The standard InChI is InChI=1S/C10H16O4/c1-3-14-10(12)7(2)8-6-13-5-4-9(8)11/h7-8H,3-6H2,1-2H3/t7?,8-/m0/s1. The van der Waals surface area contributed by atoms with Crippen molar-refractivity contribution in [2.45, 2.75) is 20.3 Å². The number of hydrogen-bond donors (Lipinski definition) is 0. The fraction of sp³-hybridized carbons (Fsp3) is 0.800. The van der Waals surface area contributed by atoms with Crippen LogP contribution in [0.5, 0.6) is 0 Å². The second-order valence-corrected chi connectivity index (χ2v) is 3.44. The normalized spacial score (nSPS) is 24.4. The minimum absolute atomic E-state index is 0.108. The monoisotopic (exact) mass is 200 g/mol. The Labute approximate surface area is 83.6 Å². The molecule has 1 aliphatic heterocycles. The molecule has 1 saturated heterocycles. The van der Waals surface area contributed by atoms with E-state index in [1.165, 1.54) is 0 Å². The second-order valence-electron chi connectivity index (χ2n) is 3.44. The van der Waals surface area contributed by atoms with Crippen LogP contribution in [0.15, 0.2) is 0 Å². The van der Waals surface area contributed by atoms with E-state index in [-0.39, 0.29) is 23.6 Å². The molecule has 0 amide bonds. The van der Waals surface area contributed by atoms with Crippen LogP contribution in [-0.4, -0.2) is 31.6 Å². The summed E-state index contributed by atoms with van der Waals surface area (Å²) in [7, 11) is 0. The lowest BCUT2D eigenvalue weighted by molar-refractivity contribution is -0.155. The first-order valence-electron chi connectivity index (χ1n) is 4.94. The zero-order valence-corrected chi connectivity index (χ0v) is 8.62. The molecule has 1 heterocycles. The van der Waals surface area contributed by atoms with Crippen LogP contribution >= 0.6 is 0 Å². The number of rotatable bonds is 3. The van der Waals surface area contributed by atoms with Gasteiger partial charge >= 0.3 is 5.97 Å². The summed E-state index contributed by atoms with van der Waals surface area (Å²) in [4.78, 5) is 22.8. The van der Waals surface area contributed by atoms with Crippen molar-refractivity contribution in [3.8, 4) is 0 Å². The number of hydrogen-bond acceptors (Lipinski definition) is 4. The molecule has 0 saturated carbocycles. The van der Waals surface area contributed by atoms with Gasteiger partial charge in [-0.05, 0) is 6.92 Å². The van der Waals surface area contributed by atoms with Crippen LogP contribution in [0, 0.1) is 11.8 Å². The molecule has 2 atom stereocenters. The topological polar surface area (TPSA) is 52.6 Å². The molecule has 4 nitrogen and oxygen atoms in total. The lowest BCUT2D eigenvalue weighted by Gasteiger charge is -2.24. The quantitative estimate of drug-likeness (QED) is 0.632. The van der Waals surface area contributed by atoms with Gasteiger partial charge in [-0.3, -0.25) is 9.59 Å². The van der Waals surface area contributed by atoms with E-state index in [0.717, 1.165) is 0 Å². The van der Waals surface area contributed by atoms with Crippen molar-refractivity contribution in [2.75, 3.05) is 19.8 Å².